The normalized spacial score (nSPS) is 11.8. The minimum Gasteiger partial charge on any atom is -0.466 e. The van der Waals surface area contributed by atoms with Gasteiger partial charge in [0.2, 0.25) is 0 Å². The van der Waals surface area contributed by atoms with Gasteiger partial charge in [-0.1, -0.05) is 0 Å². The van der Waals surface area contributed by atoms with Crippen LogP contribution in [-0.2, 0) is 0 Å². The molecule has 1 amide bonds. The minimum atomic E-state index is -0.281. The Labute approximate surface area is 117 Å². The van der Waals surface area contributed by atoms with E-state index in [4.69, 9.17) is 8.83 Å². The fourth-order valence-electron chi connectivity index (χ4n) is 2.10. The molecule has 0 saturated heterocycles. The summed E-state index contributed by atoms with van der Waals surface area (Å²) in [5, 5.41) is 4.11. The van der Waals surface area contributed by atoms with Gasteiger partial charge in [-0.15, -0.1) is 0 Å². The standard InChI is InChI=1S/C15H18N2O3/c1-8-6-13(11(4)19-8)10(3)16-17-15(18)14-7-9(2)20-12(14)5/h6-7H,1-5H3,(H,17,18)/b16-10-. The summed E-state index contributed by atoms with van der Waals surface area (Å²) >= 11 is 0. The van der Waals surface area contributed by atoms with Crippen LogP contribution in [0.15, 0.2) is 26.1 Å². The molecule has 5 nitrogen and oxygen atoms in total. The lowest BCUT2D eigenvalue weighted by molar-refractivity contribution is 0.0953. The average molecular weight is 274 g/mol. The van der Waals surface area contributed by atoms with E-state index in [1.807, 2.05) is 26.8 Å². The Morgan fingerprint density at radius 3 is 1.95 bits per heavy atom. The molecule has 0 aliphatic carbocycles. The summed E-state index contributed by atoms with van der Waals surface area (Å²) in [4.78, 5) is 12.0. The fourth-order valence-corrected chi connectivity index (χ4v) is 2.10. The molecule has 0 atom stereocenters. The molecule has 2 aromatic rings. The molecule has 0 spiro atoms. The molecule has 2 rings (SSSR count). The van der Waals surface area contributed by atoms with Crippen molar-refractivity contribution in [3.05, 3.63) is 46.3 Å². The second kappa shape index (κ2) is 5.36. The van der Waals surface area contributed by atoms with Crippen molar-refractivity contribution in [2.45, 2.75) is 34.6 Å². The van der Waals surface area contributed by atoms with Gasteiger partial charge in [-0.2, -0.15) is 5.10 Å². The largest absolute Gasteiger partial charge is 0.466 e. The first kappa shape index (κ1) is 14.1. The van der Waals surface area contributed by atoms with Crippen molar-refractivity contribution >= 4 is 11.6 Å². The predicted octanol–water partition coefficient (Wildman–Crippen LogP) is 3.26. The summed E-state index contributed by atoms with van der Waals surface area (Å²) in [5.41, 5.74) is 4.63. The van der Waals surface area contributed by atoms with Crippen LogP contribution in [0.1, 0.15) is 45.9 Å². The Balaban J connectivity index is 2.15. The lowest BCUT2D eigenvalue weighted by atomic mass is 10.2. The zero-order chi connectivity index (χ0) is 14.9. The number of hydrazone groups is 1. The van der Waals surface area contributed by atoms with Crippen molar-refractivity contribution in [2.24, 2.45) is 5.10 Å². The predicted molar refractivity (Wildman–Crippen MR) is 76.0 cm³/mol. The number of carbonyl (C=O) groups excluding carboxylic acids is 1. The van der Waals surface area contributed by atoms with E-state index in [-0.39, 0.29) is 5.91 Å². The molecule has 2 heterocycles. The maximum atomic E-state index is 12.0. The lowest BCUT2D eigenvalue weighted by Crippen LogP contribution is -2.19. The molecule has 0 bridgehead atoms. The summed E-state index contributed by atoms with van der Waals surface area (Å²) in [6.07, 6.45) is 0. The van der Waals surface area contributed by atoms with Crippen LogP contribution in [0.2, 0.25) is 0 Å². The summed E-state index contributed by atoms with van der Waals surface area (Å²) in [6.45, 7) is 9.12. The van der Waals surface area contributed by atoms with Crippen molar-refractivity contribution in [1.29, 1.82) is 0 Å². The highest BCUT2D eigenvalue weighted by Gasteiger charge is 2.13. The topological polar surface area (TPSA) is 67.7 Å². The molecule has 1 N–H and O–H groups in total. The summed E-state index contributed by atoms with van der Waals surface area (Å²) in [7, 11) is 0. The van der Waals surface area contributed by atoms with Crippen LogP contribution >= 0.6 is 0 Å². The SMILES string of the molecule is C/C(=N/NC(=O)c1cc(C)oc1C)c1cc(C)oc1C. The Bertz CT molecular complexity index is 677. The lowest BCUT2D eigenvalue weighted by Gasteiger charge is -2.01. The molecule has 0 aliphatic heterocycles. The molecule has 0 saturated carbocycles. The number of aryl methyl sites for hydroxylation is 4. The first-order valence-electron chi connectivity index (χ1n) is 6.37. The van der Waals surface area contributed by atoms with Crippen molar-refractivity contribution in [2.75, 3.05) is 0 Å². The van der Waals surface area contributed by atoms with Crippen LogP contribution in [0.3, 0.4) is 0 Å². The van der Waals surface area contributed by atoms with E-state index in [9.17, 15) is 4.79 Å². The first-order valence-corrected chi connectivity index (χ1v) is 6.37. The maximum absolute atomic E-state index is 12.0. The van der Waals surface area contributed by atoms with Gasteiger partial charge in [0.15, 0.2) is 0 Å². The molecule has 0 aromatic carbocycles. The van der Waals surface area contributed by atoms with E-state index >= 15 is 0 Å². The Morgan fingerprint density at radius 2 is 1.50 bits per heavy atom. The maximum Gasteiger partial charge on any atom is 0.274 e. The third-order valence-electron chi connectivity index (χ3n) is 3.04. The third-order valence-corrected chi connectivity index (χ3v) is 3.04. The van der Waals surface area contributed by atoms with Crippen LogP contribution in [0.4, 0.5) is 0 Å². The average Bonchev–Trinajstić information content (AvgIpc) is 2.88. The number of amides is 1. The molecule has 106 valence electrons. The number of nitrogens with zero attached hydrogens (tertiary/aromatic N) is 1. The molecule has 20 heavy (non-hydrogen) atoms. The fraction of sp³-hybridized carbons (Fsp3) is 0.333. The number of carbonyl (C=O) groups is 1. The van der Waals surface area contributed by atoms with E-state index in [1.165, 1.54) is 0 Å². The zero-order valence-corrected chi connectivity index (χ0v) is 12.3. The molecule has 0 unspecified atom stereocenters. The molecule has 0 aliphatic rings. The zero-order valence-electron chi connectivity index (χ0n) is 12.3. The quantitative estimate of drug-likeness (QED) is 0.690. The van der Waals surface area contributed by atoms with Gasteiger partial charge in [0.05, 0.1) is 11.3 Å². The first-order chi connectivity index (χ1) is 9.38. The van der Waals surface area contributed by atoms with Crippen LogP contribution in [0.5, 0.6) is 0 Å². The second-order valence-corrected chi connectivity index (χ2v) is 4.79. The van der Waals surface area contributed by atoms with Gasteiger partial charge in [0, 0.05) is 5.56 Å². The van der Waals surface area contributed by atoms with Gasteiger partial charge in [0.25, 0.3) is 5.91 Å². The molecule has 0 fully saturated rings. The Morgan fingerprint density at radius 1 is 1.00 bits per heavy atom. The van der Waals surface area contributed by atoms with Crippen LogP contribution < -0.4 is 5.43 Å². The Kier molecular flexibility index (Phi) is 3.79. The van der Waals surface area contributed by atoms with Gasteiger partial charge in [0.1, 0.15) is 23.0 Å². The summed E-state index contributed by atoms with van der Waals surface area (Å²) < 4.78 is 10.8. The molecule has 5 heteroatoms. The molecular formula is C15H18N2O3. The molecule has 0 radical (unpaired) electrons. The van der Waals surface area contributed by atoms with E-state index in [2.05, 4.69) is 10.5 Å². The van der Waals surface area contributed by atoms with E-state index < -0.39 is 0 Å². The van der Waals surface area contributed by atoms with Crippen LogP contribution in [0, 0.1) is 27.7 Å². The van der Waals surface area contributed by atoms with Crippen molar-refractivity contribution < 1.29 is 13.6 Å². The van der Waals surface area contributed by atoms with Gasteiger partial charge in [-0.25, -0.2) is 5.43 Å². The molecule has 2 aromatic heterocycles. The van der Waals surface area contributed by atoms with Gasteiger partial charge < -0.3 is 8.83 Å². The van der Waals surface area contributed by atoms with Crippen molar-refractivity contribution in [3.8, 4) is 0 Å². The van der Waals surface area contributed by atoms with E-state index in [0.29, 0.717) is 22.8 Å². The monoisotopic (exact) mass is 274 g/mol. The number of rotatable bonds is 3. The highest BCUT2D eigenvalue weighted by atomic mass is 16.3. The van der Waals surface area contributed by atoms with Gasteiger partial charge in [-0.3, -0.25) is 4.79 Å². The molecular weight excluding hydrogens is 256 g/mol. The number of furan rings is 2. The summed E-state index contributed by atoms with van der Waals surface area (Å²) in [6, 6.07) is 3.59. The number of hydrogen-bond acceptors (Lipinski definition) is 4. The Hall–Kier alpha value is -2.30. The van der Waals surface area contributed by atoms with Crippen LogP contribution in [-0.4, -0.2) is 11.6 Å². The van der Waals surface area contributed by atoms with Crippen LogP contribution in [0.25, 0.3) is 0 Å². The highest BCUT2D eigenvalue weighted by molar-refractivity contribution is 6.01. The van der Waals surface area contributed by atoms with Crippen molar-refractivity contribution in [1.82, 2.24) is 5.43 Å². The van der Waals surface area contributed by atoms with E-state index in [0.717, 1.165) is 17.1 Å². The van der Waals surface area contributed by atoms with Gasteiger partial charge >= 0.3 is 0 Å². The summed E-state index contributed by atoms with van der Waals surface area (Å²) in [5.74, 6) is 2.61. The third kappa shape index (κ3) is 2.82. The minimum absolute atomic E-state index is 0.281. The van der Waals surface area contributed by atoms with Gasteiger partial charge in [-0.05, 0) is 46.8 Å². The second-order valence-electron chi connectivity index (χ2n) is 4.79. The number of nitrogens with one attached hydrogen (secondary N) is 1. The smallest absolute Gasteiger partial charge is 0.274 e. The number of hydrogen-bond donors (Lipinski definition) is 1. The highest BCUT2D eigenvalue weighted by Crippen LogP contribution is 2.15. The van der Waals surface area contributed by atoms with Crippen molar-refractivity contribution in [3.63, 3.8) is 0 Å². The van der Waals surface area contributed by atoms with E-state index in [1.54, 1.807) is 19.9 Å².